The zero-order valence-electron chi connectivity index (χ0n) is 10.3. The van der Waals surface area contributed by atoms with Crippen molar-refractivity contribution in [2.75, 3.05) is 11.6 Å². The minimum atomic E-state index is 0.816. The first-order chi connectivity index (χ1) is 8.83. The summed E-state index contributed by atoms with van der Waals surface area (Å²) >= 11 is 0. The van der Waals surface area contributed by atoms with Crippen LogP contribution in [-0.4, -0.2) is 6.54 Å². The second-order valence-corrected chi connectivity index (χ2v) is 4.38. The third-order valence-electron chi connectivity index (χ3n) is 3.06. The van der Waals surface area contributed by atoms with Gasteiger partial charge in [0.2, 0.25) is 0 Å². The fraction of sp³-hybridized carbons (Fsp3) is 0.125. The summed E-state index contributed by atoms with van der Waals surface area (Å²) in [6.07, 6.45) is 2.07. The summed E-state index contributed by atoms with van der Waals surface area (Å²) < 4.78 is 0. The lowest BCUT2D eigenvalue weighted by atomic mass is 10.1. The van der Waals surface area contributed by atoms with Crippen LogP contribution in [0.25, 0.3) is 11.1 Å². The SMILES string of the molecule is CC1=CCN(c2ccc(-c3ccccc3)cc2)O1. The first-order valence-corrected chi connectivity index (χ1v) is 6.11. The van der Waals surface area contributed by atoms with Gasteiger partial charge in [0.1, 0.15) is 5.76 Å². The number of allylic oxidation sites excluding steroid dienone is 1. The maximum atomic E-state index is 5.59. The highest BCUT2D eigenvalue weighted by Crippen LogP contribution is 2.25. The third-order valence-corrected chi connectivity index (χ3v) is 3.06. The van der Waals surface area contributed by atoms with Gasteiger partial charge in [0, 0.05) is 0 Å². The summed E-state index contributed by atoms with van der Waals surface area (Å²) in [7, 11) is 0. The fourth-order valence-corrected chi connectivity index (χ4v) is 2.07. The Morgan fingerprint density at radius 3 is 2.17 bits per heavy atom. The molecule has 90 valence electrons. The van der Waals surface area contributed by atoms with Gasteiger partial charge < -0.3 is 4.84 Å². The smallest absolute Gasteiger partial charge is 0.127 e. The van der Waals surface area contributed by atoms with Gasteiger partial charge in [-0.2, -0.15) is 0 Å². The maximum Gasteiger partial charge on any atom is 0.127 e. The molecule has 1 aliphatic rings. The normalized spacial score (nSPS) is 14.3. The topological polar surface area (TPSA) is 12.5 Å². The molecule has 0 unspecified atom stereocenters. The average molecular weight is 237 g/mol. The molecule has 2 aromatic carbocycles. The molecule has 2 heteroatoms. The minimum absolute atomic E-state index is 0.816. The molecule has 18 heavy (non-hydrogen) atoms. The number of benzene rings is 2. The Bertz CT molecular complexity index is 557. The Kier molecular flexibility index (Phi) is 2.77. The lowest BCUT2D eigenvalue weighted by molar-refractivity contribution is 0.214. The molecule has 0 aliphatic carbocycles. The van der Waals surface area contributed by atoms with Crippen LogP contribution in [0.3, 0.4) is 0 Å². The van der Waals surface area contributed by atoms with E-state index in [1.54, 1.807) is 0 Å². The molecule has 0 amide bonds. The highest BCUT2D eigenvalue weighted by atomic mass is 16.7. The second-order valence-electron chi connectivity index (χ2n) is 4.38. The Hall–Kier alpha value is -2.22. The lowest BCUT2D eigenvalue weighted by Crippen LogP contribution is -2.16. The van der Waals surface area contributed by atoms with Crippen molar-refractivity contribution in [3.63, 3.8) is 0 Å². The monoisotopic (exact) mass is 237 g/mol. The number of anilines is 1. The van der Waals surface area contributed by atoms with E-state index in [0.717, 1.165) is 18.0 Å². The van der Waals surface area contributed by atoms with Crippen LogP contribution >= 0.6 is 0 Å². The molecule has 3 rings (SSSR count). The molecule has 0 spiro atoms. The molecular formula is C16H15NO. The van der Waals surface area contributed by atoms with Crippen molar-refractivity contribution in [2.45, 2.75) is 6.92 Å². The molecule has 2 aromatic rings. The van der Waals surface area contributed by atoms with Gasteiger partial charge in [-0.05, 0) is 36.3 Å². The number of rotatable bonds is 2. The molecule has 0 saturated carbocycles. The molecule has 1 heterocycles. The molecule has 0 fully saturated rings. The van der Waals surface area contributed by atoms with Gasteiger partial charge in [-0.25, -0.2) is 5.06 Å². The van der Waals surface area contributed by atoms with E-state index in [4.69, 9.17) is 4.84 Å². The van der Waals surface area contributed by atoms with Crippen LogP contribution < -0.4 is 5.06 Å². The van der Waals surface area contributed by atoms with Crippen molar-refractivity contribution >= 4 is 5.69 Å². The van der Waals surface area contributed by atoms with Crippen LogP contribution in [0.1, 0.15) is 6.92 Å². The Morgan fingerprint density at radius 2 is 1.56 bits per heavy atom. The van der Waals surface area contributed by atoms with Crippen LogP contribution in [0.15, 0.2) is 66.4 Å². The van der Waals surface area contributed by atoms with Crippen LogP contribution in [0.2, 0.25) is 0 Å². The largest absolute Gasteiger partial charge is 0.384 e. The van der Waals surface area contributed by atoms with E-state index in [0.29, 0.717) is 0 Å². The van der Waals surface area contributed by atoms with Crippen LogP contribution in [0, 0.1) is 0 Å². The van der Waals surface area contributed by atoms with Gasteiger partial charge in [-0.15, -0.1) is 0 Å². The van der Waals surface area contributed by atoms with Gasteiger partial charge in [-0.3, -0.25) is 0 Å². The highest BCUT2D eigenvalue weighted by Gasteiger charge is 2.12. The van der Waals surface area contributed by atoms with E-state index in [9.17, 15) is 0 Å². The number of hydrogen-bond donors (Lipinski definition) is 0. The third kappa shape index (κ3) is 2.09. The van der Waals surface area contributed by atoms with E-state index in [-0.39, 0.29) is 0 Å². The molecule has 0 atom stereocenters. The number of hydroxylamine groups is 1. The Labute approximate surface area is 107 Å². The summed E-state index contributed by atoms with van der Waals surface area (Å²) in [6, 6.07) is 18.8. The van der Waals surface area contributed by atoms with Crippen LogP contribution in [-0.2, 0) is 4.84 Å². The molecule has 0 saturated heterocycles. The fourth-order valence-electron chi connectivity index (χ4n) is 2.07. The number of hydrogen-bond acceptors (Lipinski definition) is 2. The Morgan fingerprint density at radius 1 is 0.889 bits per heavy atom. The van der Waals surface area contributed by atoms with Crippen LogP contribution in [0.4, 0.5) is 5.69 Å². The maximum absolute atomic E-state index is 5.59. The Balaban J connectivity index is 1.82. The quantitative estimate of drug-likeness (QED) is 0.782. The van der Waals surface area contributed by atoms with Gasteiger partial charge >= 0.3 is 0 Å². The summed E-state index contributed by atoms with van der Waals surface area (Å²) in [4.78, 5) is 5.59. The molecule has 0 radical (unpaired) electrons. The average Bonchev–Trinajstić information content (AvgIpc) is 2.87. The van der Waals surface area contributed by atoms with E-state index in [1.807, 2.05) is 18.1 Å². The minimum Gasteiger partial charge on any atom is -0.384 e. The van der Waals surface area contributed by atoms with Crippen molar-refractivity contribution in [3.05, 3.63) is 66.4 Å². The molecule has 0 aromatic heterocycles. The summed E-state index contributed by atoms with van der Waals surface area (Å²) in [5, 5.41) is 1.89. The van der Waals surface area contributed by atoms with Gasteiger partial charge in [-0.1, -0.05) is 42.5 Å². The second kappa shape index (κ2) is 4.57. The molecule has 0 N–H and O–H groups in total. The predicted molar refractivity (Wildman–Crippen MR) is 74.1 cm³/mol. The lowest BCUT2D eigenvalue weighted by Gasteiger charge is -2.17. The summed E-state index contributed by atoms with van der Waals surface area (Å²) in [6.45, 7) is 2.79. The van der Waals surface area contributed by atoms with E-state index in [2.05, 4.69) is 54.6 Å². The molecule has 1 aliphatic heterocycles. The van der Waals surface area contributed by atoms with E-state index in [1.165, 1.54) is 11.1 Å². The van der Waals surface area contributed by atoms with Crippen molar-refractivity contribution in [3.8, 4) is 11.1 Å². The standard InChI is InChI=1S/C16H15NO/c1-13-11-12-17(18-13)16-9-7-15(8-10-16)14-5-3-2-4-6-14/h2-11H,12H2,1H3. The van der Waals surface area contributed by atoms with Gasteiger partial charge in [0.05, 0.1) is 12.2 Å². The summed E-state index contributed by atoms with van der Waals surface area (Å²) in [5.41, 5.74) is 3.55. The first-order valence-electron chi connectivity index (χ1n) is 6.11. The van der Waals surface area contributed by atoms with Crippen molar-refractivity contribution in [2.24, 2.45) is 0 Å². The van der Waals surface area contributed by atoms with Crippen molar-refractivity contribution < 1.29 is 4.84 Å². The van der Waals surface area contributed by atoms with Crippen molar-refractivity contribution in [1.29, 1.82) is 0 Å². The van der Waals surface area contributed by atoms with E-state index >= 15 is 0 Å². The summed E-state index contributed by atoms with van der Waals surface area (Å²) in [5.74, 6) is 0.960. The van der Waals surface area contributed by atoms with Gasteiger partial charge in [0.25, 0.3) is 0 Å². The number of nitrogens with zero attached hydrogens (tertiary/aromatic N) is 1. The van der Waals surface area contributed by atoms with Crippen molar-refractivity contribution in [1.82, 2.24) is 0 Å². The zero-order chi connectivity index (χ0) is 12.4. The molecule has 2 nitrogen and oxygen atoms in total. The zero-order valence-corrected chi connectivity index (χ0v) is 10.3. The first kappa shape index (κ1) is 10.9. The van der Waals surface area contributed by atoms with Crippen LogP contribution in [0.5, 0.6) is 0 Å². The predicted octanol–water partition coefficient (Wildman–Crippen LogP) is 4.01. The van der Waals surface area contributed by atoms with E-state index < -0.39 is 0 Å². The molecular weight excluding hydrogens is 222 g/mol. The van der Waals surface area contributed by atoms with Gasteiger partial charge in [0.15, 0.2) is 0 Å². The highest BCUT2D eigenvalue weighted by molar-refractivity contribution is 5.66. The molecule has 0 bridgehead atoms.